The van der Waals surface area contributed by atoms with Gasteiger partial charge in [0.15, 0.2) is 0 Å². The van der Waals surface area contributed by atoms with E-state index in [-0.39, 0.29) is 5.56 Å². The Bertz CT molecular complexity index is 1360. The van der Waals surface area contributed by atoms with Gasteiger partial charge in [-0.2, -0.15) is 4.39 Å². The van der Waals surface area contributed by atoms with Crippen LogP contribution < -0.4 is 5.56 Å². The number of hydrogen-bond donors (Lipinski definition) is 0. The first kappa shape index (κ1) is 18.4. The van der Waals surface area contributed by atoms with E-state index in [1.165, 1.54) is 60.8 Å². The Morgan fingerprint density at radius 2 is 1.87 bits per heavy atom. The smallest absolute Gasteiger partial charge is 0.255 e. The second-order valence-corrected chi connectivity index (χ2v) is 8.54. The fraction of sp³-hybridized carbons (Fsp3) is 0.292. The van der Waals surface area contributed by atoms with E-state index in [0.29, 0.717) is 17.2 Å². The lowest BCUT2D eigenvalue weighted by molar-refractivity contribution is 0.220. The average molecular weight is 415 g/mol. The minimum Gasteiger partial charge on any atom is -0.347 e. The van der Waals surface area contributed by atoms with Gasteiger partial charge in [0, 0.05) is 48.4 Å². The van der Waals surface area contributed by atoms with Crippen molar-refractivity contribution in [2.75, 3.05) is 13.1 Å². The van der Waals surface area contributed by atoms with Gasteiger partial charge >= 0.3 is 0 Å². The van der Waals surface area contributed by atoms with Crippen molar-refractivity contribution < 1.29 is 4.39 Å². The molecule has 7 rings (SSSR count). The van der Waals surface area contributed by atoms with E-state index >= 15 is 0 Å². The van der Waals surface area contributed by atoms with Crippen LogP contribution in [0.4, 0.5) is 4.39 Å². The minimum absolute atomic E-state index is 0.163. The first-order chi connectivity index (χ1) is 15.1. The largest absolute Gasteiger partial charge is 0.347 e. The molecule has 6 nitrogen and oxygen atoms in total. The molecule has 31 heavy (non-hydrogen) atoms. The monoisotopic (exact) mass is 415 g/mol. The molecule has 3 aliphatic heterocycles. The highest BCUT2D eigenvalue weighted by Crippen LogP contribution is 2.40. The maximum Gasteiger partial charge on any atom is 0.255 e. The van der Waals surface area contributed by atoms with E-state index < -0.39 is 5.95 Å². The third-order valence-corrected chi connectivity index (χ3v) is 6.82. The molecule has 6 heterocycles. The van der Waals surface area contributed by atoms with Gasteiger partial charge in [-0.15, -0.1) is 10.2 Å². The molecular weight excluding hydrogens is 393 g/mol. The second kappa shape index (κ2) is 6.85. The van der Waals surface area contributed by atoms with Crippen molar-refractivity contribution in [1.82, 2.24) is 24.2 Å². The van der Waals surface area contributed by atoms with Crippen LogP contribution >= 0.6 is 0 Å². The van der Waals surface area contributed by atoms with Crippen molar-refractivity contribution in [2.24, 2.45) is 7.05 Å². The Morgan fingerprint density at radius 3 is 2.61 bits per heavy atom. The number of piperidine rings is 1. The van der Waals surface area contributed by atoms with Crippen molar-refractivity contribution >= 4 is 10.9 Å². The average Bonchev–Trinajstić information content (AvgIpc) is 2.93. The molecule has 0 N–H and O–H groups in total. The van der Waals surface area contributed by atoms with Crippen molar-refractivity contribution in [3.05, 3.63) is 76.2 Å². The molecule has 3 aliphatic rings. The predicted molar refractivity (Wildman–Crippen MR) is 117 cm³/mol. The lowest BCUT2D eigenvalue weighted by Crippen LogP contribution is -2.29. The highest BCUT2D eigenvalue weighted by atomic mass is 19.1. The van der Waals surface area contributed by atoms with Crippen LogP contribution in [0.1, 0.15) is 30.0 Å². The molecule has 0 radical (unpaired) electrons. The van der Waals surface area contributed by atoms with Crippen molar-refractivity contribution in [3.63, 3.8) is 0 Å². The van der Waals surface area contributed by atoms with Crippen molar-refractivity contribution in [2.45, 2.75) is 25.3 Å². The molecular formula is C24H22FN5O. The number of hydrogen-bond acceptors (Lipinski definition) is 4. The third kappa shape index (κ3) is 2.91. The number of nitrogens with zero attached hydrogens (tertiary/aromatic N) is 5. The molecule has 0 spiro atoms. The maximum atomic E-state index is 13.0. The topological polar surface area (TPSA) is 56.0 Å². The molecule has 0 saturated carbocycles. The summed E-state index contributed by atoms with van der Waals surface area (Å²) in [5, 5.41) is 8.54. The lowest BCUT2D eigenvalue weighted by Gasteiger charge is -2.27. The number of fused-ring (bicyclic) bond motifs is 3. The summed E-state index contributed by atoms with van der Waals surface area (Å²) in [7, 11) is 2.15. The Morgan fingerprint density at radius 1 is 1.03 bits per heavy atom. The van der Waals surface area contributed by atoms with E-state index in [4.69, 9.17) is 0 Å². The van der Waals surface area contributed by atoms with E-state index in [1.54, 1.807) is 16.8 Å². The van der Waals surface area contributed by atoms with Crippen LogP contribution in [-0.4, -0.2) is 37.3 Å². The van der Waals surface area contributed by atoms with Crippen LogP contribution in [0.3, 0.4) is 0 Å². The molecule has 3 aromatic heterocycles. The maximum absolute atomic E-state index is 13.0. The molecule has 7 heteroatoms. The fourth-order valence-electron chi connectivity index (χ4n) is 5.27. The van der Waals surface area contributed by atoms with Crippen LogP contribution in [0.15, 0.2) is 53.5 Å². The second-order valence-electron chi connectivity index (χ2n) is 8.54. The zero-order valence-electron chi connectivity index (χ0n) is 17.3. The van der Waals surface area contributed by atoms with Crippen LogP contribution in [0.25, 0.3) is 27.8 Å². The zero-order valence-corrected chi connectivity index (χ0v) is 17.3. The summed E-state index contributed by atoms with van der Waals surface area (Å²) in [6.07, 6.45) is 4.18. The highest BCUT2D eigenvalue weighted by Gasteiger charge is 2.31. The number of aromatic nitrogens is 4. The first-order valence-corrected chi connectivity index (χ1v) is 10.6. The van der Waals surface area contributed by atoms with Gasteiger partial charge in [0.2, 0.25) is 5.95 Å². The molecule has 2 bridgehead atoms. The molecule has 0 atom stereocenters. The van der Waals surface area contributed by atoms with Crippen LogP contribution in [0.5, 0.6) is 0 Å². The number of pyridine rings is 1. The molecule has 156 valence electrons. The molecule has 0 amide bonds. The minimum atomic E-state index is -0.642. The van der Waals surface area contributed by atoms with E-state index in [1.807, 2.05) is 6.07 Å². The van der Waals surface area contributed by atoms with Crippen molar-refractivity contribution in [3.8, 4) is 16.9 Å². The van der Waals surface area contributed by atoms with Crippen LogP contribution in [0, 0.1) is 5.95 Å². The molecule has 1 aromatic carbocycles. The fourth-order valence-corrected chi connectivity index (χ4v) is 5.27. The van der Waals surface area contributed by atoms with Gasteiger partial charge < -0.3 is 4.57 Å². The van der Waals surface area contributed by atoms with Gasteiger partial charge in [-0.25, -0.2) is 0 Å². The Labute approximate surface area is 178 Å². The molecule has 1 saturated heterocycles. The van der Waals surface area contributed by atoms with Crippen molar-refractivity contribution in [1.29, 1.82) is 0 Å². The predicted octanol–water partition coefficient (Wildman–Crippen LogP) is 3.62. The van der Waals surface area contributed by atoms with Gasteiger partial charge in [-0.3, -0.25) is 14.3 Å². The highest BCUT2D eigenvalue weighted by molar-refractivity contribution is 5.87. The standard InChI is InChI=1S/C24H22FN5O/c1-28-21-13-17(2-3-18(21)19-14-29-9-6-15(7-10-29)24(19)28)30-11-8-16(12-23(30)31)20-4-5-22(25)27-26-20/h2-5,8,11-13,15H,6-7,9-10,14H2,1H3. The SMILES string of the molecule is Cn1c2c(c3ccc(-n4ccc(-c5ccc(F)nn5)cc4=O)cc31)CN1CCC2CC1. The van der Waals surface area contributed by atoms with Gasteiger partial charge in [0.05, 0.1) is 16.9 Å². The van der Waals surface area contributed by atoms with Gasteiger partial charge in [-0.1, -0.05) is 6.07 Å². The van der Waals surface area contributed by atoms with E-state index in [2.05, 4.69) is 38.8 Å². The van der Waals surface area contributed by atoms with Gasteiger partial charge in [0.1, 0.15) is 0 Å². The number of rotatable bonds is 2. The number of benzene rings is 1. The van der Waals surface area contributed by atoms with Crippen LogP contribution in [0.2, 0.25) is 0 Å². The number of aryl methyl sites for hydroxylation is 1. The van der Waals surface area contributed by atoms with Gasteiger partial charge in [-0.05, 0) is 61.8 Å². The Balaban J connectivity index is 1.44. The lowest BCUT2D eigenvalue weighted by atomic mass is 9.94. The summed E-state index contributed by atoms with van der Waals surface area (Å²) in [4.78, 5) is 15.4. The number of halogens is 1. The van der Waals surface area contributed by atoms with E-state index in [0.717, 1.165) is 17.7 Å². The third-order valence-electron chi connectivity index (χ3n) is 6.82. The summed E-state index contributed by atoms with van der Waals surface area (Å²) < 4.78 is 17.0. The summed E-state index contributed by atoms with van der Waals surface area (Å²) in [6.45, 7) is 3.37. The summed E-state index contributed by atoms with van der Waals surface area (Å²) in [6, 6.07) is 12.4. The van der Waals surface area contributed by atoms with E-state index in [9.17, 15) is 9.18 Å². The Hall–Kier alpha value is -3.32. The zero-order chi connectivity index (χ0) is 21.1. The molecule has 4 aromatic rings. The Kier molecular flexibility index (Phi) is 4.08. The van der Waals surface area contributed by atoms with Gasteiger partial charge in [0.25, 0.3) is 5.56 Å². The molecule has 0 aliphatic carbocycles. The summed E-state index contributed by atoms with van der Waals surface area (Å²) in [5.41, 5.74) is 5.82. The molecule has 1 fully saturated rings. The summed E-state index contributed by atoms with van der Waals surface area (Å²) >= 11 is 0. The molecule has 0 unspecified atom stereocenters. The van der Waals surface area contributed by atoms with Crippen LogP contribution in [-0.2, 0) is 13.6 Å². The first-order valence-electron chi connectivity index (χ1n) is 10.6. The quantitative estimate of drug-likeness (QED) is 0.502. The summed E-state index contributed by atoms with van der Waals surface area (Å²) in [5.74, 6) is -0.0233. The normalized spacial score (nSPS) is 20.1.